The zero-order valence-electron chi connectivity index (χ0n) is 16.5. The number of nitrogen functional groups attached to an aromatic ring is 1. The van der Waals surface area contributed by atoms with Crippen molar-refractivity contribution in [3.05, 3.63) is 60.2 Å². The van der Waals surface area contributed by atoms with Gasteiger partial charge in [0.15, 0.2) is 5.16 Å². The van der Waals surface area contributed by atoms with Crippen LogP contribution in [0.5, 0.6) is 5.75 Å². The molecule has 0 aliphatic rings. The van der Waals surface area contributed by atoms with Crippen LogP contribution in [0.25, 0.3) is 0 Å². The van der Waals surface area contributed by atoms with Gasteiger partial charge >= 0.3 is 0 Å². The van der Waals surface area contributed by atoms with Crippen molar-refractivity contribution in [1.29, 1.82) is 0 Å². The number of rotatable bonds is 9. The highest BCUT2D eigenvalue weighted by Gasteiger charge is 2.25. The van der Waals surface area contributed by atoms with Crippen molar-refractivity contribution in [2.45, 2.75) is 37.2 Å². The molecule has 1 heterocycles. The summed E-state index contributed by atoms with van der Waals surface area (Å²) in [5.74, 6) is 1.38. The minimum absolute atomic E-state index is 0.187. The topological polar surface area (TPSA) is 95.1 Å². The molecule has 2 aromatic carbocycles. The van der Waals surface area contributed by atoms with Crippen LogP contribution < -0.4 is 15.8 Å². The number of ether oxygens (including phenoxy) is 1. The van der Waals surface area contributed by atoms with Gasteiger partial charge in [-0.2, -0.15) is 0 Å². The Balaban J connectivity index is 1.79. The summed E-state index contributed by atoms with van der Waals surface area (Å²) >= 11 is 1.50. The van der Waals surface area contributed by atoms with Gasteiger partial charge in [0.2, 0.25) is 11.9 Å². The molecule has 0 radical (unpaired) electrons. The lowest BCUT2D eigenvalue weighted by Crippen LogP contribution is -2.27. The number of hydrogen-bond acceptors (Lipinski definition) is 6. The Morgan fingerprint density at radius 1 is 1.14 bits per heavy atom. The van der Waals surface area contributed by atoms with Crippen molar-refractivity contribution in [2.24, 2.45) is 0 Å². The summed E-state index contributed by atoms with van der Waals surface area (Å²) in [5, 5.41) is 11.8. The van der Waals surface area contributed by atoms with E-state index in [1.807, 2.05) is 68.4 Å². The minimum Gasteiger partial charge on any atom is -0.492 e. The van der Waals surface area contributed by atoms with Gasteiger partial charge in [0, 0.05) is 5.75 Å². The van der Waals surface area contributed by atoms with Gasteiger partial charge in [-0.3, -0.25) is 9.36 Å². The number of nitrogens with zero attached hydrogens (tertiary/aromatic N) is 3. The Kier molecular flexibility index (Phi) is 7.13. The summed E-state index contributed by atoms with van der Waals surface area (Å²) in [7, 11) is 0. The van der Waals surface area contributed by atoms with Crippen LogP contribution in [0.3, 0.4) is 0 Å². The molecule has 0 saturated carbocycles. The maximum Gasteiger partial charge on any atom is 0.247 e. The molecule has 3 aromatic rings. The number of anilines is 2. The number of benzene rings is 2. The number of amides is 1. The first-order chi connectivity index (χ1) is 14.1. The van der Waals surface area contributed by atoms with Crippen LogP contribution in [0.15, 0.2) is 59.8 Å². The maximum absolute atomic E-state index is 13.1. The van der Waals surface area contributed by atoms with Gasteiger partial charge in [-0.1, -0.05) is 61.2 Å². The molecule has 29 heavy (non-hydrogen) atoms. The SMILES string of the molecule is CCOc1ccccc1NC(=O)C(CC)n1c(N)nnc1SCc1ccccc1. The second kappa shape index (κ2) is 9.97. The Morgan fingerprint density at radius 2 is 1.86 bits per heavy atom. The van der Waals surface area contributed by atoms with E-state index in [-0.39, 0.29) is 11.9 Å². The quantitative estimate of drug-likeness (QED) is 0.514. The number of thioether (sulfide) groups is 1. The van der Waals surface area contributed by atoms with Crippen LogP contribution in [-0.2, 0) is 10.5 Å². The second-order valence-electron chi connectivity index (χ2n) is 6.33. The first-order valence-corrected chi connectivity index (χ1v) is 10.5. The lowest BCUT2D eigenvalue weighted by atomic mass is 10.2. The van der Waals surface area contributed by atoms with Crippen molar-refractivity contribution in [1.82, 2.24) is 14.8 Å². The van der Waals surface area contributed by atoms with Crippen LogP contribution in [0.2, 0.25) is 0 Å². The first-order valence-electron chi connectivity index (χ1n) is 9.53. The number of carbonyl (C=O) groups is 1. The normalized spacial score (nSPS) is 11.8. The molecule has 3 rings (SSSR count). The molecule has 0 fully saturated rings. The molecular weight excluding hydrogens is 386 g/mol. The summed E-state index contributed by atoms with van der Waals surface area (Å²) in [6.07, 6.45) is 0.545. The predicted molar refractivity (Wildman–Crippen MR) is 116 cm³/mol. The highest BCUT2D eigenvalue weighted by atomic mass is 32.2. The fourth-order valence-corrected chi connectivity index (χ4v) is 3.90. The molecule has 0 bridgehead atoms. The van der Waals surface area contributed by atoms with Gasteiger partial charge in [-0.15, -0.1) is 10.2 Å². The number of para-hydroxylation sites is 2. The van der Waals surface area contributed by atoms with E-state index in [1.54, 1.807) is 4.57 Å². The van der Waals surface area contributed by atoms with Crippen molar-refractivity contribution < 1.29 is 9.53 Å². The zero-order chi connectivity index (χ0) is 20.6. The summed E-state index contributed by atoms with van der Waals surface area (Å²) in [6.45, 7) is 4.36. The average molecular weight is 412 g/mol. The maximum atomic E-state index is 13.1. The Morgan fingerprint density at radius 3 is 2.59 bits per heavy atom. The van der Waals surface area contributed by atoms with Gasteiger partial charge < -0.3 is 15.8 Å². The van der Waals surface area contributed by atoms with Crippen LogP contribution in [0.1, 0.15) is 31.9 Å². The molecule has 1 unspecified atom stereocenters. The third-order valence-corrected chi connectivity index (χ3v) is 5.36. The fraction of sp³-hybridized carbons (Fsp3) is 0.286. The molecule has 1 atom stereocenters. The summed E-state index contributed by atoms with van der Waals surface area (Å²) in [5.41, 5.74) is 7.86. The minimum atomic E-state index is -0.530. The monoisotopic (exact) mass is 411 g/mol. The largest absolute Gasteiger partial charge is 0.492 e. The molecule has 1 amide bonds. The van der Waals surface area contributed by atoms with Gasteiger partial charge in [-0.05, 0) is 31.0 Å². The Labute approximate surface area is 174 Å². The number of nitrogens with one attached hydrogen (secondary N) is 1. The van der Waals surface area contributed by atoms with Gasteiger partial charge in [-0.25, -0.2) is 0 Å². The molecule has 0 aliphatic heterocycles. The molecule has 8 heteroatoms. The van der Waals surface area contributed by atoms with Crippen LogP contribution in [0, 0.1) is 0 Å². The average Bonchev–Trinajstić information content (AvgIpc) is 3.10. The van der Waals surface area contributed by atoms with Crippen molar-refractivity contribution >= 4 is 29.3 Å². The highest BCUT2D eigenvalue weighted by molar-refractivity contribution is 7.98. The standard InChI is InChI=1S/C21H25N5O2S/c1-3-17(19(27)23-16-12-8-9-13-18(16)28-4-2)26-20(22)24-25-21(26)29-14-15-10-6-5-7-11-15/h5-13,17H,3-4,14H2,1-2H3,(H2,22,24)(H,23,27). The highest BCUT2D eigenvalue weighted by Crippen LogP contribution is 2.30. The predicted octanol–water partition coefficient (Wildman–Crippen LogP) is 4.14. The Hall–Kier alpha value is -3.00. The summed E-state index contributed by atoms with van der Waals surface area (Å²) < 4.78 is 7.30. The van der Waals surface area contributed by atoms with Crippen LogP contribution >= 0.6 is 11.8 Å². The van der Waals surface area contributed by atoms with Gasteiger partial charge in [0.05, 0.1) is 12.3 Å². The smallest absolute Gasteiger partial charge is 0.247 e. The van der Waals surface area contributed by atoms with E-state index in [1.165, 1.54) is 11.8 Å². The van der Waals surface area contributed by atoms with E-state index in [9.17, 15) is 4.79 Å². The molecule has 0 aliphatic carbocycles. The van der Waals surface area contributed by atoms with Gasteiger partial charge in [0.25, 0.3) is 0 Å². The summed E-state index contributed by atoms with van der Waals surface area (Å²) in [4.78, 5) is 13.1. The number of aromatic nitrogens is 3. The van der Waals surface area contributed by atoms with Crippen molar-refractivity contribution in [2.75, 3.05) is 17.7 Å². The van der Waals surface area contributed by atoms with E-state index in [4.69, 9.17) is 10.5 Å². The number of carbonyl (C=O) groups excluding carboxylic acids is 1. The molecule has 152 valence electrons. The molecule has 3 N–H and O–H groups in total. The van der Waals surface area contributed by atoms with Crippen molar-refractivity contribution in [3.8, 4) is 5.75 Å². The van der Waals surface area contributed by atoms with Crippen LogP contribution in [0.4, 0.5) is 11.6 Å². The lowest BCUT2D eigenvalue weighted by Gasteiger charge is -2.20. The molecule has 0 spiro atoms. The van der Waals surface area contributed by atoms with Crippen LogP contribution in [-0.4, -0.2) is 27.3 Å². The fourth-order valence-electron chi connectivity index (χ4n) is 2.95. The van der Waals surface area contributed by atoms with E-state index < -0.39 is 6.04 Å². The third-order valence-electron chi connectivity index (χ3n) is 4.35. The Bertz CT molecular complexity index is 945. The van der Waals surface area contributed by atoms with Crippen molar-refractivity contribution in [3.63, 3.8) is 0 Å². The number of hydrogen-bond donors (Lipinski definition) is 2. The van der Waals surface area contributed by atoms with E-state index >= 15 is 0 Å². The molecule has 0 saturated heterocycles. The third kappa shape index (κ3) is 5.08. The zero-order valence-corrected chi connectivity index (χ0v) is 17.4. The van der Waals surface area contributed by atoms with E-state index in [2.05, 4.69) is 15.5 Å². The first kappa shape index (κ1) is 20.7. The second-order valence-corrected chi connectivity index (χ2v) is 7.27. The summed E-state index contributed by atoms with van der Waals surface area (Å²) in [6, 6.07) is 16.9. The molecular formula is C21H25N5O2S. The molecule has 1 aromatic heterocycles. The van der Waals surface area contributed by atoms with E-state index in [0.717, 1.165) is 5.56 Å². The number of nitrogens with two attached hydrogens (primary N) is 1. The molecule has 7 nitrogen and oxygen atoms in total. The van der Waals surface area contributed by atoms with E-state index in [0.29, 0.717) is 35.4 Å². The lowest BCUT2D eigenvalue weighted by molar-refractivity contribution is -0.119. The van der Waals surface area contributed by atoms with Gasteiger partial charge in [0.1, 0.15) is 11.8 Å².